The molecule has 1 aromatic rings. The zero-order chi connectivity index (χ0) is 14.7. The first kappa shape index (κ1) is 14.9. The molecule has 0 spiro atoms. The standard InChI is InChI=1S/C16H25N3O/c1-5-18(6-2)14-10-19(11-14)16(20)17-15-12(3)8-7-9-13(15)4/h7-9,14H,5-6,10-11H2,1-4H3,(H,17,20). The highest BCUT2D eigenvalue weighted by atomic mass is 16.2. The Morgan fingerprint density at radius 2 is 1.80 bits per heavy atom. The highest BCUT2D eigenvalue weighted by Gasteiger charge is 2.33. The third-order valence-electron chi connectivity index (χ3n) is 4.19. The summed E-state index contributed by atoms with van der Waals surface area (Å²) in [6.07, 6.45) is 0. The molecule has 2 amide bonds. The molecule has 2 rings (SSSR count). The molecule has 1 saturated heterocycles. The van der Waals surface area contributed by atoms with Gasteiger partial charge < -0.3 is 10.2 Å². The maximum Gasteiger partial charge on any atom is 0.321 e. The van der Waals surface area contributed by atoms with Crippen LogP contribution in [0.2, 0.25) is 0 Å². The number of amides is 2. The Kier molecular flexibility index (Phi) is 4.65. The van der Waals surface area contributed by atoms with Gasteiger partial charge in [-0.3, -0.25) is 4.90 Å². The summed E-state index contributed by atoms with van der Waals surface area (Å²) in [5.74, 6) is 0. The molecule has 1 aliphatic heterocycles. The molecule has 4 nitrogen and oxygen atoms in total. The van der Waals surface area contributed by atoms with Crippen molar-refractivity contribution in [3.63, 3.8) is 0 Å². The molecule has 0 bridgehead atoms. The molecule has 0 aromatic heterocycles. The number of nitrogens with one attached hydrogen (secondary N) is 1. The minimum absolute atomic E-state index is 0.0193. The maximum atomic E-state index is 12.2. The molecule has 1 aromatic carbocycles. The van der Waals surface area contributed by atoms with E-state index in [0.717, 1.165) is 43.0 Å². The molecule has 0 atom stereocenters. The number of aryl methyl sites for hydroxylation is 2. The van der Waals surface area contributed by atoms with Crippen LogP contribution in [0.15, 0.2) is 18.2 Å². The fourth-order valence-corrected chi connectivity index (χ4v) is 2.79. The van der Waals surface area contributed by atoms with Gasteiger partial charge >= 0.3 is 6.03 Å². The molecule has 1 heterocycles. The zero-order valence-corrected chi connectivity index (χ0v) is 12.9. The van der Waals surface area contributed by atoms with Crippen LogP contribution in [0.3, 0.4) is 0 Å². The van der Waals surface area contributed by atoms with Gasteiger partial charge in [-0.2, -0.15) is 0 Å². The number of hydrogen-bond acceptors (Lipinski definition) is 2. The van der Waals surface area contributed by atoms with Crippen LogP contribution in [0, 0.1) is 13.8 Å². The number of carbonyl (C=O) groups excluding carboxylic acids is 1. The van der Waals surface area contributed by atoms with Crippen molar-refractivity contribution in [2.75, 3.05) is 31.5 Å². The number of hydrogen-bond donors (Lipinski definition) is 1. The molecule has 0 unspecified atom stereocenters. The van der Waals surface area contributed by atoms with Crippen LogP contribution in [-0.2, 0) is 0 Å². The molecule has 0 saturated carbocycles. The highest BCUT2D eigenvalue weighted by molar-refractivity contribution is 5.91. The van der Waals surface area contributed by atoms with Crippen molar-refractivity contribution < 1.29 is 4.79 Å². The minimum atomic E-state index is 0.0193. The second-order valence-corrected chi connectivity index (χ2v) is 5.48. The van der Waals surface area contributed by atoms with Crippen molar-refractivity contribution in [1.82, 2.24) is 9.80 Å². The topological polar surface area (TPSA) is 35.6 Å². The fraction of sp³-hybridized carbons (Fsp3) is 0.562. The van der Waals surface area contributed by atoms with Gasteiger partial charge in [0.2, 0.25) is 0 Å². The van der Waals surface area contributed by atoms with E-state index in [1.165, 1.54) is 0 Å². The van der Waals surface area contributed by atoms with Crippen LogP contribution in [-0.4, -0.2) is 48.1 Å². The van der Waals surface area contributed by atoms with Crippen LogP contribution >= 0.6 is 0 Å². The summed E-state index contributed by atoms with van der Waals surface area (Å²) in [5, 5.41) is 3.04. The number of nitrogens with zero attached hydrogens (tertiary/aromatic N) is 2. The lowest BCUT2D eigenvalue weighted by molar-refractivity contribution is 0.0685. The first-order valence-corrected chi connectivity index (χ1v) is 7.43. The maximum absolute atomic E-state index is 12.2. The van der Waals surface area contributed by atoms with Crippen molar-refractivity contribution in [2.24, 2.45) is 0 Å². The number of para-hydroxylation sites is 1. The Balaban J connectivity index is 1.92. The molecule has 1 N–H and O–H groups in total. The lowest BCUT2D eigenvalue weighted by atomic mass is 10.1. The van der Waals surface area contributed by atoms with E-state index in [1.54, 1.807) is 0 Å². The summed E-state index contributed by atoms with van der Waals surface area (Å²) in [4.78, 5) is 16.5. The van der Waals surface area contributed by atoms with Gasteiger partial charge in [0.05, 0.1) is 0 Å². The lowest BCUT2D eigenvalue weighted by Gasteiger charge is -2.44. The SMILES string of the molecule is CCN(CC)C1CN(C(=O)Nc2c(C)cccc2C)C1. The van der Waals surface area contributed by atoms with Crippen LogP contribution < -0.4 is 5.32 Å². The average Bonchev–Trinajstić information content (AvgIpc) is 2.37. The number of anilines is 1. The predicted molar refractivity (Wildman–Crippen MR) is 83.2 cm³/mol. The number of rotatable bonds is 4. The normalized spacial score (nSPS) is 15.3. The molecule has 20 heavy (non-hydrogen) atoms. The van der Waals surface area contributed by atoms with E-state index in [0.29, 0.717) is 6.04 Å². The number of urea groups is 1. The van der Waals surface area contributed by atoms with E-state index in [2.05, 4.69) is 24.1 Å². The van der Waals surface area contributed by atoms with Gasteiger partial charge in [0, 0.05) is 24.8 Å². The van der Waals surface area contributed by atoms with Crippen molar-refractivity contribution in [3.8, 4) is 0 Å². The summed E-state index contributed by atoms with van der Waals surface area (Å²) < 4.78 is 0. The van der Waals surface area contributed by atoms with E-state index in [9.17, 15) is 4.79 Å². The number of likely N-dealkylation sites (tertiary alicyclic amines) is 1. The molecular weight excluding hydrogens is 250 g/mol. The highest BCUT2D eigenvalue weighted by Crippen LogP contribution is 2.22. The Morgan fingerprint density at radius 1 is 1.25 bits per heavy atom. The Bertz CT molecular complexity index is 456. The monoisotopic (exact) mass is 275 g/mol. The second-order valence-electron chi connectivity index (χ2n) is 5.48. The molecule has 1 fully saturated rings. The molecule has 0 aliphatic carbocycles. The van der Waals surface area contributed by atoms with Crippen LogP contribution in [0.4, 0.5) is 10.5 Å². The first-order chi connectivity index (χ1) is 9.56. The number of carbonyl (C=O) groups is 1. The van der Waals surface area contributed by atoms with E-state index in [4.69, 9.17) is 0 Å². The Morgan fingerprint density at radius 3 is 2.30 bits per heavy atom. The summed E-state index contributed by atoms with van der Waals surface area (Å²) >= 11 is 0. The van der Waals surface area contributed by atoms with Crippen molar-refractivity contribution in [1.29, 1.82) is 0 Å². The fourth-order valence-electron chi connectivity index (χ4n) is 2.79. The van der Waals surface area contributed by atoms with Crippen molar-refractivity contribution in [3.05, 3.63) is 29.3 Å². The summed E-state index contributed by atoms with van der Waals surface area (Å²) in [7, 11) is 0. The number of benzene rings is 1. The molecule has 1 aliphatic rings. The molecule has 110 valence electrons. The lowest BCUT2D eigenvalue weighted by Crippen LogP contribution is -2.61. The molecular formula is C16H25N3O. The van der Waals surface area contributed by atoms with Crippen LogP contribution in [0.1, 0.15) is 25.0 Å². The quantitative estimate of drug-likeness (QED) is 0.917. The van der Waals surface area contributed by atoms with E-state index < -0.39 is 0 Å². The van der Waals surface area contributed by atoms with E-state index >= 15 is 0 Å². The summed E-state index contributed by atoms with van der Waals surface area (Å²) in [6.45, 7) is 12.2. The first-order valence-electron chi connectivity index (χ1n) is 7.43. The third-order valence-corrected chi connectivity index (χ3v) is 4.19. The zero-order valence-electron chi connectivity index (χ0n) is 12.9. The van der Waals surface area contributed by atoms with Gasteiger partial charge in [-0.05, 0) is 38.1 Å². The Hall–Kier alpha value is -1.55. The van der Waals surface area contributed by atoms with Gasteiger partial charge in [-0.1, -0.05) is 32.0 Å². The summed E-state index contributed by atoms with van der Waals surface area (Å²) in [5.41, 5.74) is 3.17. The van der Waals surface area contributed by atoms with Crippen LogP contribution in [0.25, 0.3) is 0 Å². The molecule has 4 heteroatoms. The van der Waals surface area contributed by atoms with Crippen molar-refractivity contribution >= 4 is 11.7 Å². The van der Waals surface area contributed by atoms with Gasteiger partial charge in [0.15, 0.2) is 0 Å². The van der Waals surface area contributed by atoms with Gasteiger partial charge in [0.1, 0.15) is 0 Å². The third kappa shape index (κ3) is 2.96. The summed E-state index contributed by atoms with van der Waals surface area (Å²) in [6, 6.07) is 6.61. The van der Waals surface area contributed by atoms with E-state index in [-0.39, 0.29) is 6.03 Å². The second kappa shape index (κ2) is 6.27. The van der Waals surface area contributed by atoms with Gasteiger partial charge in [0.25, 0.3) is 0 Å². The largest absolute Gasteiger partial charge is 0.321 e. The van der Waals surface area contributed by atoms with Crippen molar-refractivity contribution in [2.45, 2.75) is 33.7 Å². The van der Waals surface area contributed by atoms with Crippen LogP contribution in [0.5, 0.6) is 0 Å². The Labute approximate surface area is 121 Å². The van der Waals surface area contributed by atoms with E-state index in [1.807, 2.05) is 36.9 Å². The van der Waals surface area contributed by atoms with Gasteiger partial charge in [-0.25, -0.2) is 4.79 Å². The molecule has 0 radical (unpaired) electrons. The predicted octanol–water partition coefficient (Wildman–Crippen LogP) is 2.86. The average molecular weight is 275 g/mol. The van der Waals surface area contributed by atoms with Gasteiger partial charge in [-0.15, -0.1) is 0 Å². The number of likely N-dealkylation sites (N-methyl/N-ethyl adjacent to an activating group) is 1. The smallest absolute Gasteiger partial charge is 0.321 e. The minimum Gasteiger partial charge on any atom is -0.321 e.